The molecule has 2 rings (SSSR count). The summed E-state index contributed by atoms with van der Waals surface area (Å²) in [6, 6.07) is 3.37. The van der Waals surface area contributed by atoms with Crippen molar-refractivity contribution in [1.82, 2.24) is 0 Å². The van der Waals surface area contributed by atoms with Gasteiger partial charge in [0.05, 0.1) is 27.7 Å². The molecule has 6 heteroatoms. The predicted molar refractivity (Wildman–Crippen MR) is 85.6 cm³/mol. The van der Waals surface area contributed by atoms with Crippen molar-refractivity contribution in [2.75, 3.05) is 6.61 Å². The lowest BCUT2D eigenvalue weighted by Gasteiger charge is -2.32. The first-order valence-electron chi connectivity index (χ1n) is 7.16. The van der Waals surface area contributed by atoms with Crippen LogP contribution in [0.25, 0.3) is 0 Å². The average Bonchev–Trinajstić information content (AvgIpc) is 2.59. The second-order valence-electron chi connectivity index (χ2n) is 6.21. The second-order valence-corrected chi connectivity index (χ2v) is 7.06. The molecule has 3 nitrogen and oxygen atoms in total. The molecule has 116 valence electrons. The molecule has 21 heavy (non-hydrogen) atoms. The predicted octanol–water partition coefficient (Wildman–Crippen LogP) is 3.68. The highest BCUT2D eigenvalue weighted by molar-refractivity contribution is 9.10. The summed E-state index contributed by atoms with van der Waals surface area (Å²) in [4.78, 5) is 0. The standard InChI is InChI=1S/C15H21BBrFO3/c1-6-9-19-11-8-7-10(17)13(18)12(11)16-20-14(2,3)15(4,5)21-16/h7-8H,6,9H2,1-5H3. The summed E-state index contributed by atoms with van der Waals surface area (Å²) < 4.78 is 32.5. The third kappa shape index (κ3) is 3.12. The molecule has 1 aromatic rings. The highest BCUT2D eigenvalue weighted by Gasteiger charge is 2.53. The van der Waals surface area contributed by atoms with Crippen molar-refractivity contribution >= 4 is 28.5 Å². The lowest BCUT2D eigenvalue weighted by Crippen LogP contribution is -2.41. The van der Waals surface area contributed by atoms with Gasteiger partial charge >= 0.3 is 7.12 Å². The molecule has 1 aromatic carbocycles. The number of rotatable bonds is 4. The molecular formula is C15H21BBrFO3. The first-order chi connectivity index (χ1) is 9.69. The van der Waals surface area contributed by atoms with Gasteiger partial charge in [-0.2, -0.15) is 0 Å². The molecule has 1 fully saturated rings. The zero-order valence-corrected chi connectivity index (χ0v) is 14.7. The van der Waals surface area contributed by atoms with Crippen LogP contribution in [-0.2, 0) is 9.31 Å². The SMILES string of the molecule is CCCOc1ccc(Br)c(F)c1B1OC(C)(C)C(C)(C)O1. The Morgan fingerprint density at radius 3 is 2.29 bits per heavy atom. The van der Waals surface area contributed by atoms with E-state index in [1.807, 2.05) is 34.6 Å². The summed E-state index contributed by atoms with van der Waals surface area (Å²) in [5, 5.41) is 0. The van der Waals surface area contributed by atoms with Crippen molar-refractivity contribution < 1.29 is 18.4 Å². The van der Waals surface area contributed by atoms with Crippen LogP contribution in [-0.4, -0.2) is 24.9 Å². The molecule has 1 aliphatic rings. The zero-order valence-electron chi connectivity index (χ0n) is 13.1. The van der Waals surface area contributed by atoms with Crippen LogP contribution in [0, 0.1) is 5.82 Å². The smallest absolute Gasteiger partial charge is 0.494 e. The highest BCUT2D eigenvalue weighted by Crippen LogP contribution is 2.37. The summed E-state index contributed by atoms with van der Waals surface area (Å²) in [7, 11) is -0.778. The van der Waals surface area contributed by atoms with Crippen LogP contribution in [0.15, 0.2) is 16.6 Å². The third-order valence-corrected chi connectivity index (χ3v) is 4.66. The van der Waals surface area contributed by atoms with Crippen molar-refractivity contribution in [3.63, 3.8) is 0 Å². The molecule has 0 bridgehead atoms. The van der Waals surface area contributed by atoms with Gasteiger partial charge in [0.2, 0.25) is 0 Å². The van der Waals surface area contributed by atoms with Gasteiger partial charge in [-0.05, 0) is 62.2 Å². The van der Waals surface area contributed by atoms with Gasteiger partial charge in [0.15, 0.2) is 0 Å². The molecule has 0 amide bonds. The van der Waals surface area contributed by atoms with Crippen LogP contribution >= 0.6 is 15.9 Å². The third-order valence-electron chi connectivity index (χ3n) is 4.04. The van der Waals surface area contributed by atoms with E-state index in [0.717, 1.165) is 6.42 Å². The Morgan fingerprint density at radius 1 is 1.19 bits per heavy atom. The van der Waals surface area contributed by atoms with Gasteiger partial charge in [0.1, 0.15) is 11.6 Å². The van der Waals surface area contributed by atoms with Gasteiger partial charge in [0.25, 0.3) is 0 Å². The van der Waals surface area contributed by atoms with Gasteiger partial charge in [-0.15, -0.1) is 0 Å². The Kier molecular flexibility index (Phi) is 4.71. The van der Waals surface area contributed by atoms with Gasteiger partial charge in [-0.25, -0.2) is 4.39 Å². The normalized spacial score (nSPS) is 19.9. The Balaban J connectivity index is 2.41. The van der Waals surface area contributed by atoms with E-state index in [2.05, 4.69) is 15.9 Å². The maximum Gasteiger partial charge on any atom is 0.501 e. The van der Waals surface area contributed by atoms with E-state index in [1.165, 1.54) is 0 Å². The van der Waals surface area contributed by atoms with Crippen LogP contribution in [0.2, 0.25) is 0 Å². The molecule has 0 atom stereocenters. The van der Waals surface area contributed by atoms with Gasteiger partial charge in [-0.1, -0.05) is 6.92 Å². The number of benzene rings is 1. The number of ether oxygens (including phenoxy) is 1. The lowest BCUT2D eigenvalue weighted by atomic mass is 9.78. The largest absolute Gasteiger partial charge is 0.501 e. The minimum Gasteiger partial charge on any atom is -0.494 e. The fraction of sp³-hybridized carbons (Fsp3) is 0.600. The van der Waals surface area contributed by atoms with Crippen molar-refractivity contribution in [2.24, 2.45) is 0 Å². The number of hydrogen-bond acceptors (Lipinski definition) is 3. The molecule has 0 spiro atoms. The fourth-order valence-electron chi connectivity index (χ4n) is 2.07. The van der Waals surface area contributed by atoms with E-state index in [4.69, 9.17) is 14.0 Å². The van der Waals surface area contributed by atoms with E-state index in [0.29, 0.717) is 22.3 Å². The molecule has 1 saturated heterocycles. The summed E-state index contributed by atoms with van der Waals surface area (Å²) in [6.45, 7) is 10.3. The summed E-state index contributed by atoms with van der Waals surface area (Å²) in [5.74, 6) is 0.0677. The van der Waals surface area contributed by atoms with Crippen LogP contribution in [0.4, 0.5) is 4.39 Å². The maximum absolute atomic E-state index is 14.6. The Hall–Kier alpha value is -0.585. The van der Waals surface area contributed by atoms with Crippen LogP contribution in [0.1, 0.15) is 41.0 Å². The van der Waals surface area contributed by atoms with Crippen LogP contribution in [0.3, 0.4) is 0 Å². The molecule has 0 aliphatic carbocycles. The van der Waals surface area contributed by atoms with Gasteiger partial charge in [-0.3, -0.25) is 0 Å². The minimum absolute atomic E-state index is 0.316. The molecule has 0 N–H and O–H groups in total. The van der Waals surface area contributed by atoms with Crippen molar-refractivity contribution in [1.29, 1.82) is 0 Å². The quantitative estimate of drug-likeness (QED) is 0.768. The lowest BCUT2D eigenvalue weighted by molar-refractivity contribution is 0.00578. The van der Waals surface area contributed by atoms with Gasteiger partial charge in [0, 0.05) is 0 Å². The molecular weight excluding hydrogens is 338 g/mol. The fourth-order valence-corrected chi connectivity index (χ4v) is 2.41. The topological polar surface area (TPSA) is 27.7 Å². The molecule has 1 aliphatic heterocycles. The van der Waals surface area contributed by atoms with Gasteiger partial charge < -0.3 is 14.0 Å². The maximum atomic E-state index is 14.6. The van der Waals surface area contributed by atoms with E-state index >= 15 is 0 Å². The summed E-state index contributed by atoms with van der Waals surface area (Å²) >= 11 is 3.21. The molecule has 1 heterocycles. The van der Waals surface area contributed by atoms with Crippen molar-refractivity contribution in [3.05, 3.63) is 22.4 Å². The zero-order chi connectivity index (χ0) is 15.8. The van der Waals surface area contributed by atoms with E-state index < -0.39 is 24.1 Å². The monoisotopic (exact) mass is 358 g/mol. The molecule has 0 aromatic heterocycles. The number of halogens is 2. The van der Waals surface area contributed by atoms with Crippen molar-refractivity contribution in [3.8, 4) is 5.75 Å². The van der Waals surface area contributed by atoms with E-state index in [-0.39, 0.29) is 0 Å². The average molecular weight is 359 g/mol. The molecule has 0 unspecified atom stereocenters. The number of hydrogen-bond donors (Lipinski definition) is 0. The first-order valence-corrected chi connectivity index (χ1v) is 7.95. The summed E-state index contributed by atoms with van der Waals surface area (Å²) in [5.41, 5.74) is -0.723. The second kappa shape index (κ2) is 5.90. The first kappa shape index (κ1) is 16.8. The van der Waals surface area contributed by atoms with E-state index in [1.54, 1.807) is 12.1 Å². The van der Waals surface area contributed by atoms with Crippen LogP contribution < -0.4 is 10.2 Å². The Labute approximate surface area is 134 Å². The highest BCUT2D eigenvalue weighted by atomic mass is 79.9. The Morgan fingerprint density at radius 2 is 1.76 bits per heavy atom. The van der Waals surface area contributed by atoms with Crippen molar-refractivity contribution in [2.45, 2.75) is 52.2 Å². The summed E-state index contributed by atoms with van der Waals surface area (Å²) in [6.07, 6.45) is 0.848. The van der Waals surface area contributed by atoms with Crippen LogP contribution in [0.5, 0.6) is 5.75 Å². The molecule has 0 radical (unpaired) electrons. The van der Waals surface area contributed by atoms with E-state index in [9.17, 15) is 4.39 Å². The minimum atomic E-state index is -0.778. The molecule has 0 saturated carbocycles. The Bertz CT molecular complexity index is 518.